The largest absolute Gasteiger partial charge is 0.496 e. The molecule has 0 aliphatic rings. The molecular weight excluding hydrogens is 268 g/mol. The SMILES string of the molecule is COc1c(C(C)C)cc(Br)cc1C(C)(C)O. The van der Waals surface area contributed by atoms with Crippen LogP contribution in [0.25, 0.3) is 0 Å². The van der Waals surface area contributed by atoms with Gasteiger partial charge < -0.3 is 9.84 Å². The van der Waals surface area contributed by atoms with Crippen LogP contribution in [0.5, 0.6) is 5.75 Å². The molecule has 0 atom stereocenters. The second-order valence-corrected chi connectivity index (χ2v) is 5.71. The summed E-state index contributed by atoms with van der Waals surface area (Å²) in [6.07, 6.45) is 0. The quantitative estimate of drug-likeness (QED) is 0.916. The van der Waals surface area contributed by atoms with Gasteiger partial charge in [0.15, 0.2) is 0 Å². The lowest BCUT2D eigenvalue weighted by Crippen LogP contribution is -2.18. The molecule has 0 saturated carbocycles. The van der Waals surface area contributed by atoms with E-state index in [9.17, 15) is 5.11 Å². The van der Waals surface area contributed by atoms with Crippen molar-refractivity contribution in [2.24, 2.45) is 0 Å². The molecule has 1 aromatic rings. The van der Waals surface area contributed by atoms with E-state index in [0.29, 0.717) is 5.92 Å². The van der Waals surface area contributed by atoms with Gasteiger partial charge in [-0.3, -0.25) is 0 Å². The maximum absolute atomic E-state index is 10.1. The first-order valence-electron chi connectivity index (χ1n) is 5.37. The van der Waals surface area contributed by atoms with Gasteiger partial charge in [0.1, 0.15) is 5.75 Å². The predicted octanol–water partition coefficient (Wildman–Crippen LogP) is 3.81. The summed E-state index contributed by atoms with van der Waals surface area (Å²) < 4.78 is 6.41. The van der Waals surface area contributed by atoms with Crippen LogP contribution < -0.4 is 4.74 Å². The molecule has 90 valence electrons. The van der Waals surface area contributed by atoms with Crippen LogP contribution in [0.3, 0.4) is 0 Å². The van der Waals surface area contributed by atoms with Crippen LogP contribution in [0.15, 0.2) is 16.6 Å². The van der Waals surface area contributed by atoms with Gasteiger partial charge >= 0.3 is 0 Å². The summed E-state index contributed by atoms with van der Waals surface area (Å²) in [7, 11) is 1.64. The molecule has 0 radical (unpaired) electrons. The van der Waals surface area contributed by atoms with Crippen LogP contribution in [-0.4, -0.2) is 12.2 Å². The number of aliphatic hydroxyl groups is 1. The van der Waals surface area contributed by atoms with E-state index in [1.54, 1.807) is 21.0 Å². The predicted molar refractivity (Wildman–Crippen MR) is 70.0 cm³/mol. The van der Waals surface area contributed by atoms with Crippen molar-refractivity contribution in [3.63, 3.8) is 0 Å². The summed E-state index contributed by atoms with van der Waals surface area (Å²) >= 11 is 3.47. The summed E-state index contributed by atoms with van der Waals surface area (Å²) in [5.41, 5.74) is 1.01. The summed E-state index contributed by atoms with van der Waals surface area (Å²) in [5.74, 6) is 1.14. The molecule has 0 aliphatic carbocycles. The first-order chi connectivity index (χ1) is 7.27. The smallest absolute Gasteiger partial charge is 0.128 e. The molecule has 0 spiro atoms. The van der Waals surface area contributed by atoms with Crippen LogP contribution in [-0.2, 0) is 5.60 Å². The Labute approximate surface area is 106 Å². The molecule has 1 rings (SSSR count). The minimum absolute atomic E-state index is 0.355. The van der Waals surface area contributed by atoms with Crippen molar-refractivity contribution in [2.75, 3.05) is 7.11 Å². The molecule has 2 nitrogen and oxygen atoms in total. The van der Waals surface area contributed by atoms with Crippen molar-refractivity contribution < 1.29 is 9.84 Å². The molecule has 3 heteroatoms. The highest BCUT2D eigenvalue weighted by Crippen LogP contribution is 2.38. The normalized spacial score (nSPS) is 12.0. The highest BCUT2D eigenvalue weighted by atomic mass is 79.9. The first kappa shape index (κ1) is 13.5. The molecule has 0 bridgehead atoms. The maximum atomic E-state index is 10.1. The van der Waals surface area contributed by atoms with E-state index in [1.165, 1.54) is 0 Å². The van der Waals surface area contributed by atoms with Gasteiger partial charge in [-0.25, -0.2) is 0 Å². The summed E-state index contributed by atoms with van der Waals surface area (Å²) in [5, 5.41) is 10.1. The lowest BCUT2D eigenvalue weighted by Gasteiger charge is -2.24. The van der Waals surface area contributed by atoms with Crippen molar-refractivity contribution in [3.8, 4) is 5.75 Å². The Kier molecular flexibility index (Phi) is 4.02. The summed E-state index contributed by atoms with van der Waals surface area (Å²) in [6.45, 7) is 7.75. The van der Waals surface area contributed by atoms with Gasteiger partial charge in [0.2, 0.25) is 0 Å². The van der Waals surface area contributed by atoms with Gasteiger partial charge in [-0.2, -0.15) is 0 Å². The zero-order chi connectivity index (χ0) is 12.5. The van der Waals surface area contributed by atoms with E-state index in [2.05, 4.69) is 29.8 Å². The first-order valence-corrected chi connectivity index (χ1v) is 6.17. The topological polar surface area (TPSA) is 29.5 Å². The zero-order valence-corrected chi connectivity index (χ0v) is 12.1. The summed E-state index contributed by atoms with van der Waals surface area (Å²) in [6, 6.07) is 3.95. The lowest BCUT2D eigenvalue weighted by atomic mass is 9.91. The van der Waals surface area contributed by atoms with Crippen molar-refractivity contribution in [3.05, 3.63) is 27.7 Å². The number of benzene rings is 1. The summed E-state index contributed by atoms with van der Waals surface area (Å²) in [4.78, 5) is 0. The average molecular weight is 287 g/mol. The van der Waals surface area contributed by atoms with Crippen molar-refractivity contribution in [1.29, 1.82) is 0 Å². The fourth-order valence-corrected chi connectivity index (χ4v) is 2.20. The monoisotopic (exact) mass is 286 g/mol. The molecule has 1 aromatic carbocycles. The van der Waals surface area contributed by atoms with Gasteiger partial charge in [0.25, 0.3) is 0 Å². The number of ether oxygens (including phenoxy) is 1. The second-order valence-electron chi connectivity index (χ2n) is 4.79. The van der Waals surface area contributed by atoms with E-state index < -0.39 is 5.60 Å². The van der Waals surface area contributed by atoms with E-state index in [1.807, 2.05) is 12.1 Å². The molecule has 0 saturated heterocycles. The van der Waals surface area contributed by atoms with Gasteiger partial charge in [-0.1, -0.05) is 29.8 Å². The van der Waals surface area contributed by atoms with Crippen molar-refractivity contribution in [1.82, 2.24) is 0 Å². The minimum atomic E-state index is -0.904. The minimum Gasteiger partial charge on any atom is -0.496 e. The molecule has 0 aromatic heterocycles. The number of rotatable bonds is 3. The third kappa shape index (κ3) is 2.77. The Morgan fingerprint density at radius 3 is 2.25 bits per heavy atom. The van der Waals surface area contributed by atoms with Gasteiger partial charge in [0, 0.05) is 10.0 Å². The van der Waals surface area contributed by atoms with Crippen LogP contribution in [0, 0.1) is 0 Å². The van der Waals surface area contributed by atoms with Crippen LogP contribution >= 0.6 is 15.9 Å². The Morgan fingerprint density at radius 1 is 1.31 bits per heavy atom. The van der Waals surface area contributed by atoms with Crippen LogP contribution in [0.4, 0.5) is 0 Å². The van der Waals surface area contributed by atoms with Crippen LogP contribution in [0.1, 0.15) is 44.7 Å². The number of hydrogen-bond donors (Lipinski definition) is 1. The number of hydrogen-bond acceptors (Lipinski definition) is 2. The average Bonchev–Trinajstić information content (AvgIpc) is 2.14. The molecule has 0 heterocycles. The highest BCUT2D eigenvalue weighted by Gasteiger charge is 2.24. The Morgan fingerprint density at radius 2 is 1.88 bits per heavy atom. The lowest BCUT2D eigenvalue weighted by molar-refractivity contribution is 0.0754. The maximum Gasteiger partial charge on any atom is 0.128 e. The van der Waals surface area contributed by atoms with Gasteiger partial charge in [0.05, 0.1) is 12.7 Å². The standard InChI is InChI=1S/C13H19BrO2/c1-8(2)10-6-9(14)7-11(12(10)16-5)13(3,4)15/h6-8,15H,1-5H3. The fraction of sp³-hybridized carbons (Fsp3) is 0.538. The van der Waals surface area contributed by atoms with Gasteiger partial charge in [-0.15, -0.1) is 0 Å². The Balaban J connectivity index is 3.49. The van der Waals surface area contributed by atoms with E-state index in [0.717, 1.165) is 21.3 Å². The van der Waals surface area contributed by atoms with E-state index in [-0.39, 0.29) is 0 Å². The molecular formula is C13H19BrO2. The Bertz CT molecular complexity index is 378. The van der Waals surface area contributed by atoms with E-state index in [4.69, 9.17) is 4.74 Å². The Hall–Kier alpha value is -0.540. The van der Waals surface area contributed by atoms with Crippen LogP contribution in [0.2, 0.25) is 0 Å². The van der Waals surface area contributed by atoms with Crippen molar-refractivity contribution in [2.45, 2.75) is 39.2 Å². The van der Waals surface area contributed by atoms with Gasteiger partial charge in [-0.05, 0) is 37.5 Å². The molecule has 0 amide bonds. The van der Waals surface area contributed by atoms with Crippen molar-refractivity contribution >= 4 is 15.9 Å². The molecule has 0 aliphatic heterocycles. The molecule has 16 heavy (non-hydrogen) atoms. The second kappa shape index (κ2) is 4.76. The van der Waals surface area contributed by atoms with E-state index >= 15 is 0 Å². The zero-order valence-electron chi connectivity index (χ0n) is 10.5. The third-order valence-corrected chi connectivity index (χ3v) is 3.03. The third-order valence-electron chi connectivity index (χ3n) is 2.57. The number of halogens is 1. The fourth-order valence-electron chi connectivity index (χ4n) is 1.73. The molecule has 0 fully saturated rings. The highest BCUT2D eigenvalue weighted by molar-refractivity contribution is 9.10. The number of methoxy groups -OCH3 is 1. The molecule has 0 unspecified atom stereocenters. The molecule has 1 N–H and O–H groups in total.